The van der Waals surface area contributed by atoms with Gasteiger partial charge in [0.2, 0.25) is 0 Å². The van der Waals surface area contributed by atoms with E-state index >= 15 is 0 Å². The summed E-state index contributed by atoms with van der Waals surface area (Å²) in [5, 5.41) is 0. The van der Waals surface area contributed by atoms with Crippen molar-refractivity contribution in [1.29, 1.82) is 0 Å². The molecule has 0 spiro atoms. The monoisotopic (exact) mass is 376 g/mol. The number of ether oxygens (including phenoxy) is 2. The third-order valence-corrected chi connectivity index (χ3v) is 5.75. The van der Waals surface area contributed by atoms with Crippen molar-refractivity contribution < 1.29 is 22.7 Å². The van der Waals surface area contributed by atoms with Crippen molar-refractivity contribution in [2.75, 3.05) is 31.8 Å². The summed E-state index contributed by atoms with van der Waals surface area (Å²) >= 11 is 3.36. The van der Waals surface area contributed by atoms with E-state index in [1.165, 1.54) is 0 Å². The molecule has 1 fully saturated rings. The second-order valence-corrected chi connectivity index (χ2v) is 8.03. The molecule has 1 saturated heterocycles. The van der Waals surface area contributed by atoms with Crippen LogP contribution in [0.25, 0.3) is 0 Å². The molecule has 1 unspecified atom stereocenters. The second-order valence-electron chi connectivity index (χ2n) is 4.95. The molecule has 1 aliphatic rings. The summed E-state index contributed by atoms with van der Waals surface area (Å²) in [5.74, 6) is 0.128. The first-order valence-electron chi connectivity index (χ1n) is 6.59. The van der Waals surface area contributed by atoms with E-state index in [-0.39, 0.29) is 17.3 Å². The normalized spacial score (nSPS) is 20.4. The fourth-order valence-electron chi connectivity index (χ4n) is 2.24. The Bertz CT molecular complexity index is 626. The molecule has 1 aromatic carbocycles. The molecule has 0 radical (unpaired) electrons. The fraction of sp³-hybridized carbons (Fsp3) is 0.500. The van der Waals surface area contributed by atoms with Crippen molar-refractivity contribution in [2.45, 2.75) is 6.42 Å². The summed E-state index contributed by atoms with van der Waals surface area (Å²) in [6.45, 7) is 0.899. The van der Waals surface area contributed by atoms with E-state index in [1.807, 2.05) is 0 Å². The van der Waals surface area contributed by atoms with E-state index in [0.717, 1.165) is 0 Å². The highest BCUT2D eigenvalue weighted by Gasteiger charge is 2.33. The largest absolute Gasteiger partial charge is 0.490 e. The summed E-state index contributed by atoms with van der Waals surface area (Å²) < 4.78 is 34.0. The number of sulfone groups is 1. The highest BCUT2D eigenvalue weighted by Crippen LogP contribution is 2.29. The average molecular weight is 377 g/mol. The van der Waals surface area contributed by atoms with E-state index in [9.17, 15) is 13.2 Å². The lowest BCUT2D eigenvalue weighted by Crippen LogP contribution is -2.16. The molecule has 2 rings (SSSR count). The molecule has 21 heavy (non-hydrogen) atoms. The zero-order valence-electron chi connectivity index (χ0n) is 11.7. The number of methoxy groups -OCH3 is 1. The van der Waals surface area contributed by atoms with Gasteiger partial charge in [-0.25, -0.2) is 8.42 Å². The zero-order valence-corrected chi connectivity index (χ0v) is 14.1. The number of rotatable bonds is 6. The number of carbonyl (C=O) groups is 1. The number of Topliss-reactive ketones (excluding diaryl/α,β-unsaturated/α-hetero) is 1. The Hall–Kier alpha value is -0.920. The van der Waals surface area contributed by atoms with Gasteiger partial charge in [-0.3, -0.25) is 4.79 Å². The number of ketones is 1. The van der Waals surface area contributed by atoms with Gasteiger partial charge in [-0.05, 0) is 40.5 Å². The Kier molecular flexibility index (Phi) is 5.40. The molecule has 1 heterocycles. The van der Waals surface area contributed by atoms with E-state index in [4.69, 9.17) is 9.47 Å². The van der Waals surface area contributed by atoms with Crippen molar-refractivity contribution in [1.82, 2.24) is 0 Å². The number of hydrogen-bond acceptors (Lipinski definition) is 5. The standard InChI is InChI=1S/C14H17BrO5S/c1-19-5-6-20-13-3-2-10(8-12(13)15)14(16)11-4-7-21(17,18)9-11/h2-3,8,11H,4-7,9H2,1H3. The van der Waals surface area contributed by atoms with Crippen LogP contribution in [-0.2, 0) is 14.6 Å². The lowest BCUT2D eigenvalue weighted by atomic mass is 9.97. The maximum absolute atomic E-state index is 12.3. The summed E-state index contributed by atoms with van der Waals surface area (Å²) in [4.78, 5) is 12.3. The van der Waals surface area contributed by atoms with Crippen LogP contribution in [0.2, 0.25) is 0 Å². The van der Waals surface area contributed by atoms with Crippen molar-refractivity contribution in [3.63, 3.8) is 0 Å². The smallest absolute Gasteiger partial charge is 0.167 e. The lowest BCUT2D eigenvalue weighted by Gasteiger charge is -2.11. The Labute approximate surface area is 132 Å². The van der Waals surface area contributed by atoms with Gasteiger partial charge in [0.15, 0.2) is 15.6 Å². The van der Waals surface area contributed by atoms with Crippen molar-refractivity contribution in [3.05, 3.63) is 28.2 Å². The van der Waals surface area contributed by atoms with Gasteiger partial charge in [-0.1, -0.05) is 0 Å². The second kappa shape index (κ2) is 6.89. The van der Waals surface area contributed by atoms with Crippen molar-refractivity contribution in [2.24, 2.45) is 5.92 Å². The molecule has 0 aromatic heterocycles. The Morgan fingerprint density at radius 1 is 1.38 bits per heavy atom. The first-order valence-corrected chi connectivity index (χ1v) is 9.20. The van der Waals surface area contributed by atoms with E-state index in [2.05, 4.69) is 15.9 Å². The van der Waals surface area contributed by atoms with Gasteiger partial charge in [0.25, 0.3) is 0 Å². The molecule has 0 N–H and O–H groups in total. The predicted octanol–water partition coefficient (Wildman–Crippen LogP) is 2.09. The zero-order chi connectivity index (χ0) is 15.5. The van der Waals surface area contributed by atoms with Gasteiger partial charge in [-0.15, -0.1) is 0 Å². The van der Waals surface area contributed by atoms with Crippen LogP contribution in [-0.4, -0.2) is 46.0 Å². The van der Waals surface area contributed by atoms with Crippen LogP contribution in [0.1, 0.15) is 16.8 Å². The van der Waals surface area contributed by atoms with Gasteiger partial charge >= 0.3 is 0 Å². The van der Waals surface area contributed by atoms with Gasteiger partial charge in [0.05, 0.1) is 22.6 Å². The Balaban J connectivity index is 2.07. The number of carbonyl (C=O) groups excluding carboxylic acids is 1. The molecular formula is C14H17BrO5S. The van der Waals surface area contributed by atoms with Crippen LogP contribution >= 0.6 is 15.9 Å². The van der Waals surface area contributed by atoms with Gasteiger partial charge in [-0.2, -0.15) is 0 Å². The third-order valence-electron chi connectivity index (χ3n) is 3.36. The molecule has 5 nitrogen and oxygen atoms in total. The predicted molar refractivity (Wildman–Crippen MR) is 82.6 cm³/mol. The molecule has 7 heteroatoms. The number of halogens is 1. The van der Waals surface area contributed by atoms with Crippen molar-refractivity contribution in [3.8, 4) is 5.75 Å². The average Bonchev–Trinajstić information content (AvgIpc) is 2.80. The van der Waals surface area contributed by atoms with Gasteiger partial charge < -0.3 is 9.47 Å². The Morgan fingerprint density at radius 2 is 2.14 bits per heavy atom. The van der Waals surface area contributed by atoms with E-state index < -0.39 is 15.8 Å². The molecule has 0 amide bonds. The molecule has 0 aliphatic carbocycles. The Morgan fingerprint density at radius 3 is 2.71 bits per heavy atom. The van der Waals surface area contributed by atoms with Crippen LogP contribution < -0.4 is 4.74 Å². The molecule has 0 saturated carbocycles. The summed E-state index contributed by atoms with van der Waals surface area (Å²) in [6, 6.07) is 5.05. The van der Waals surface area contributed by atoms with Crippen LogP contribution in [0.5, 0.6) is 5.75 Å². The molecule has 1 aromatic rings. The maximum atomic E-state index is 12.3. The molecular weight excluding hydrogens is 360 g/mol. The minimum absolute atomic E-state index is 0.0461. The van der Waals surface area contributed by atoms with Crippen molar-refractivity contribution >= 4 is 31.6 Å². The van der Waals surface area contributed by atoms with Gasteiger partial charge in [0.1, 0.15) is 12.4 Å². The highest BCUT2D eigenvalue weighted by atomic mass is 79.9. The third kappa shape index (κ3) is 4.28. The molecule has 1 aliphatic heterocycles. The van der Waals surface area contributed by atoms with Gasteiger partial charge in [0, 0.05) is 18.6 Å². The van der Waals surface area contributed by atoms with Crippen LogP contribution in [0, 0.1) is 5.92 Å². The summed E-state index contributed by atoms with van der Waals surface area (Å²) in [5.41, 5.74) is 0.503. The van der Waals surface area contributed by atoms with Crippen LogP contribution in [0.3, 0.4) is 0 Å². The lowest BCUT2D eigenvalue weighted by molar-refractivity contribution is 0.0933. The SMILES string of the molecule is COCCOc1ccc(C(=O)C2CCS(=O)(=O)C2)cc1Br. The van der Waals surface area contributed by atoms with E-state index in [1.54, 1.807) is 25.3 Å². The first-order chi connectivity index (χ1) is 9.93. The van der Waals surface area contributed by atoms with Crippen LogP contribution in [0.4, 0.5) is 0 Å². The minimum atomic E-state index is -3.05. The number of hydrogen-bond donors (Lipinski definition) is 0. The summed E-state index contributed by atoms with van der Waals surface area (Å²) in [6.07, 6.45) is 0.408. The first kappa shape index (κ1) is 16.5. The fourth-order valence-corrected chi connectivity index (χ4v) is 4.48. The molecule has 116 valence electrons. The minimum Gasteiger partial charge on any atom is -0.490 e. The maximum Gasteiger partial charge on any atom is 0.167 e. The topological polar surface area (TPSA) is 69.7 Å². The summed E-state index contributed by atoms with van der Waals surface area (Å²) in [7, 11) is -1.46. The number of benzene rings is 1. The van der Waals surface area contributed by atoms with Crippen LogP contribution in [0.15, 0.2) is 22.7 Å². The molecule has 0 bridgehead atoms. The van der Waals surface area contributed by atoms with E-state index in [0.29, 0.717) is 35.4 Å². The quantitative estimate of drug-likeness (QED) is 0.561. The molecule has 1 atom stereocenters. The highest BCUT2D eigenvalue weighted by molar-refractivity contribution is 9.10.